The Morgan fingerprint density at radius 1 is 1.35 bits per heavy atom. The van der Waals surface area contributed by atoms with E-state index in [9.17, 15) is 37.8 Å². The van der Waals surface area contributed by atoms with Crippen molar-refractivity contribution in [3.05, 3.63) is 11.3 Å². The van der Waals surface area contributed by atoms with E-state index in [1.54, 1.807) is 0 Å². The van der Waals surface area contributed by atoms with Crippen LogP contribution in [0.4, 0.5) is 13.2 Å². The molecular weight excluding hydrogens is 536 g/mol. The maximum atomic E-state index is 12.5. The van der Waals surface area contributed by atoms with E-state index in [0.29, 0.717) is 5.57 Å². The van der Waals surface area contributed by atoms with Crippen molar-refractivity contribution in [2.24, 2.45) is 0 Å². The van der Waals surface area contributed by atoms with E-state index in [4.69, 9.17) is 5.11 Å². The van der Waals surface area contributed by atoms with Crippen LogP contribution in [-0.2, 0) is 20.9 Å². The van der Waals surface area contributed by atoms with Crippen LogP contribution in [0.3, 0.4) is 0 Å². The van der Waals surface area contributed by atoms with Gasteiger partial charge in [0.2, 0.25) is 11.1 Å². The van der Waals surface area contributed by atoms with E-state index in [-0.39, 0.29) is 58.5 Å². The first-order valence-corrected chi connectivity index (χ1v) is 12.1. The monoisotopic (exact) mass is 554 g/mol. The Labute approximate surface area is 224 Å². The molecule has 184 valence electrons. The number of β-lactam (4-membered cyclic amide) rings is 1. The molecule has 0 bridgehead atoms. The summed E-state index contributed by atoms with van der Waals surface area (Å²) in [6.45, 7) is -0.577. The second-order valence-corrected chi connectivity index (χ2v) is 9.80. The molecule has 1 aromatic rings. The topological polar surface area (TPSA) is 171 Å². The van der Waals surface area contributed by atoms with E-state index in [1.807, 2.05) is 0 Å². The number of carboxylic acids is 1. The quantitative estimate of drug-likeness (QED) is 0.150. The van der Waals surface area contributed by atoms with Gasteiger partial charge in [-0.3, -0.25) is 14.5 Å². The number of aromatic nitrogens is 4. The molecule has 12 nitrogen and oxygen atoms in total. The number of alkyl halides is 3. The van der Waals surface area contributed by atoms with Gasteiger partial charge in [-0.25, -0.2) is 9.48 Å². The van der Waals surface area contributed by atoms with Gasteiger partial charge in [-0.15, -0.1) is 16.9 Å². The van der Waals surface area contributed by atoms with Gasteiger partial charge in [0.15, 0.2) is 0 Å². The van der Waals surface area contributed by atoms with Crippen molar-refractivity contribution in [3.63, 3.8) is 0 Å². The molecule has 4 N–H and O–H groups in total. The van der Waals surface area contributed by atoms with Gasteiger partial charge in [-0.1, -0.05) is 11.8 Å². The molecule has 2 aliphatic rings. The fraction of sp³-hybridized carbons (Fsp3) is 0.600. The number of aliphatic carboxylic acids is 1. The van der Waals surface area contributed by atoms with E-state index >= 15 is 0 Å². The van der Waals surface area contributed by atoms with Crippen LogP contribution in [0.1, 0.15) is 0 Å². The van der Waals surface area contributed by atoms with Crippen LogP contribution in [0.5, 0.6) is 0 Å². The minimum atomic E-state index is -4.59. The van der Waals surface area contributed by atoms with Crippen LogP contribution in [0, 0.1) is 0 Å². The van der Waals surface area contributed by atoms with E-state index in [1.165, 1.54) is 16.4 Å². The molecule has 0 aromatic carbocycles. The van der Waals surface area contributed by atoms with Crippen molar-refractivity contribution < 1.29 is 42.9 Å². The number of nitrogens with zero attached hydrogens (tertiary/aromatic N) is 5. The van der Waals surface area contributed by atoms with E-state index in [2.05, 4.69) is 20.8 Å². The predicted octanol–water partition coefficient (Wildman–Crippen LogP) is -1.54. The average Bonchev–Trinajstić information content (AvgIpc) is 3.19. The number of amides is 2. The fourth-order valence-corrected chi connectivity index (χ4v) is 5.73. The molecule has 0 spiro atoms. The molecule has 19 heteroatoms. The molecule has 3 atom stereocenters. The number of halogens is 3. The number of carbonyl (C=O) groups excluding carboxylic acids is 2. The fourth-order valence-electron chi connectivity index (χ4n) is 2.98. The maximum absolute atomic E-state index is 12.5. The summed E-state index contributed by atoms with van der Waals surface area (Å²) in [6.07, 6.45) is -1.09. The normalized spacial score (nSPS) is 20.9. The summed E-state index contributed by atoms with van der Waals surface area (Å²) in [5.41, 5.74) is -4.47. The van der Waals surface area contributed by atoms with Crippen LogP contribution in [0.15, 0.2) is 16.4 Å². The van der Waals surface area contributed by atoms with Crippen LogP contribution in [0.2, 0.25) is 0 Å². The number of hydrogen-bond acceptors (Lipinski definition) is 11. The Morgan fingerprint density at radius 2 is 2.06 bits per heavy atom. The van der Waals surface area contributed by atoms with Gasteiger partial charge >= 0.3 is 41.0 Å². The van der Waals surface area contributed by atoms with Crippen molar-refractivity contribution in [1.29, 1.82) is 0 Å². The third-order valence-corrected chi connectivity index (χ3v) is 7.52. The molecule has 34 heavy (non-hydrogen) atoms. The van der Waals surface area contributed by atoms with Crippen molar-refractivity contribution in [1.82, 2.24) is 30.4 Å². The van der Waals surface area contributed by atoms with Gasteiger partial charge < -0.3 is 20.6 Å². The molecule has 0 aliphatic carbocycles. The summed E-state index contributed by atoms with van der Waals surface area (Å²) in [5, 5.41) is 40.9. The van der Waals surface area contributed by atoms with E-state index < -0.39 is 64.9 Å². The number of rotatable bonds is 10. The summed E-state index contributed by atoms with van der Waals surface area (Å²) in [6, 6.07) is -1.12. The molecular formula is C15H18F3N6NaO6S3. The van der Waals surface area contributed by atoms with Gasteiger partial charge in [-0.2, -0.15) is 13.2 Å². The van der Waals surface area contributed by atoms with Gasteiger partial charge in [0, 0.05) is 11.5 Å². The number of aliphatic hydroxyl groups is 2. The Morgan fingerprint density at radius 3 is 2.68 bits per heavy atom. The van der Waals surface area contributed by atoms with Crippen molar-refractivity contribution in [2.45, 2.75) is 34.7 Å². The van der Waals surface area contributed by atoms with Crippen molar-refractivity contribution in [3.8, 4) is 0 Å². The van der Waals surface area contributed by atoms with Crippen molar-refractivity contribution in [2.75, 3.05) is 23.9 Å². The first-order chi connectivity index (χ1) is 15.5. The zero-order valence-electron chi connectivity index (χ0n) is 16.4. The second-order valence-electron chi connectivity index (χ2n) is 6.72. The summed E-state index contributed by atoms with van der Waals surface area (Å²) in [4.78, 5) is 37.1. The van der Waals surface area contributed by atoms with Gasteiger partial charge in [0.1, 0.15) is 17.1 Å². The Bertz CT molecular complexity index is 967. The number of aliphatic hydroxyl groups excluding tert-OH is 2. The Hall–Kier alpha value is -1.02. The van der Waals surface area contributed by atoms with Gasteiger partial charge in [0.25, 0.3) is 5.91 Å². The number of nitrogens with one attached hydrogen (secondary N) is 1. The SMILES string of the molecule is O=C(CSC(F)(F)F)NC1C(=O)N2C(C(=O)O)=C(CSc3nnnn3CC(O)CO)CS[C@H]12.[NaH]. The number of fused-ring (bicyclic) bond motifs is 1. The zero-order valence-corrected chi connectivity index (χ0v) is 18.9. The van der Waals surface area contributed by atoms with Crippen LogP contribution >= 0.6 is 35.3 Å². The van der Waals surface area contributed by atoms with E-state index in [0.717, 1.165) is 16.7 Å². The first-order valence-electron chi connectivity index (χ1n) is 9.09. The Balaban J connectivity index is 0.00000408. The number of carboxylic acid groups (broad SMARTS) is 1. The summed E-state index contributed by atoms with van der Waals surface area (Å²) >= 11 is 1.70. The molecule has 1 aromatic heterocycles. The summed E-state index contributed by atoms with van der Waals surface area (Å²) < 4.78 is 38.0. The van der Waals surface area contributed by atoms with Crippen LogP contribution in [0.25, 0.3) is 0 Å². The molecule has 1 fully saturated rings. The summed E-state index contributed by atoms with van der Waals surface area (Å²) in [7, 11) is 0. The van der Waals surface area contributed by atoms with Crippen molar-refractivity contribution >= 4 is 82.6 Å². The molecule has 0 saturated carbocycles. The molecule has 3 rings (SSSR count). The molecule has 2 unspecified atom stereocenters. The minimum absolute atomic E-state index is 0. The molecule has 0 radical (unpaired) electrons. The third kappa shape index (κ3) is 7.02. The average molecular weight is 555 g/mol. The summed E-state index contributed by atoms with van der Waals surface area (Å²) in [5.74, 6) is -3.69. The number of hydrogen-bond donors (Lipinski definition) is 4. The predicted molar refractivity (Wildman–Crippen MR) is 117 cm³/mol. The molecule has 3 heterocycles. The molecule has 2 aliphatic heterocycles. The van der Waals surface area contributed by atoms with Crippen LogP contribution < -0.4 is 5.32 Å². The van der Waals surface area contributed by atoms with Gasteiger partial charge in [-0.05, 0) is 27.8 Å². The first kappa shape index (κ1) is 29.2. The zero-order chi connectivity index (χ0) is 24.3. The molecule has 1 saturated heterocycles. The number of carbonyl (C=O) groups is 3. The number of thioether (sulfide) groups is 3. The standard InChI is InChI=1S/C15H17F3N6O6S3.Na.H/c16-15(17,18)33-5-8(27)19-9-11(28)24-10(13(29)30)6(3-31-12(9)24)4-32-14-20-21-22-23(14)1-7(26)2-25;;/h7,9,12,25-26H,1-5H2,(H,19,27)(H,29,30);;/t7?,9?,12-;;/m1../s1. The van der Waals surface area contributed by atoms with Crippen LogP contribution in [-0.4, -0.2) is 135 Å². The second kappa shape index (κ2) is 12.3. The van der Waals surface area contributed by atoms with Gasteiger partial charge in [0.05, 0.1) is 25.0 Å². The third-order valence-electron chi connectivity index (χ3n) is 4.40. The number of tetrazole rings is 1. The molecule has 2 amide bonds. The Kier molecular flexibility index (Phi) is 10.6.